The Hall–Kier alpha value is -1.69. The molecule has 1 aromatic rings. The molecule has 1 fully saturated rings. The molecule has 3 heteroatoms. The van der Waals surface area contributed by atoms with Gasteiger partial charge in [0.15, 0.2) is 5.78 Å². The molecule has 1 aromatic carbocycles. The molecule has 1 saturated carbocycles. The van der Waals surface area contributed by atoms with Crippen molar-refractivity contribution in [2.45, 2.75) is 32.1 Å². The van der Waals surface area contributed by atoms with Gasteiger partial charge < -0.3 is 0 Å². The fourth-order valence-electron chi connectivity index (χ4n) is 2.37. The van der Waals surface area contributed by atoms with Crippen molar-refractivity contribution in [3.05, 3.63) is 35.1 Å². The second-order valence-electron chi connectivity index (χ2n) is 4.51. The standard InChI is InChI=1S/C14H14FNO/c15-13-8-10(9-16)6-7-12(13)14(17)11-4-2-1-3-5-11/h6-8,11H,1-5H2. The van der Waals surface area contributed by atoms with Gasteiger partial charge in [-0.3, -0.25) is 4.79 Å². The van der Waals surface area contributed by atoms with Crippen LogP contribution in [0.3, 0.4) is 0 Å². The Morgan fingerprint density at radius 1 is 1.29 bits per heavy atom. The van der Waals surface area contributed by atoms with Crippen LogP contribution in [-0.4, -0.2) is 5.78 Å². The van der Waals surface area contributed by atoms with Gasteiger partial charge in [-0.2, -0.15) is 5.26 Å². The Labute approximate surface area is 100 Å². The summed E-state index contributed by atoms with van der Waals surface area (Å²) in [5.74, 6) is -0.711. The molecule has 0 N–H and O–H groups in total. The number of hydrogen-bond acceptors (Lipinski definition) is 2. The minimum atomic E-state index is -0.570. The topological polar surface area (TPSA) is 40.9 Å². The van der Waals surface area contributed by atoms with Crippen molar-refractivity contribution < 1.29 is 9.18 Å². The molecule has 1 aliphatic rings. The van der Waals surface area contributed by atoms with Gasteiger partial charge in [0.05, 0.1) is 17.2 Å². The average Bonchev–Trinajstić information content (AvgIpc) is 2.39. The third-order valence-electron chi connectivity index (χ3n) is 3.34. The number of Topliss-reactive ketones (excluding diaryl/α,β-unsaturated/α-hetero) is 1. The van der Waals surface area contributed by atoms with E-state index in [-0.39, 0.29) is 22.8 Å². The van der Waals surface area contributed by atoms with Crippen molar-refractivity contribution in [1.82, 2.24) is 0 Å². The van der Waals surface area contributed by atoms with Crippen LogP contribution in [0.1, 0.15) is 48.0 Å². The maximum Gasteiger partial charge on any atom is 0.168 e. The number of hydrogen-bond donors (Lipinski definition) is 0. The Morgan fingerprint density at radius 2 is 2.00 bits per heavy atom. The van der Waals surface area contributed by atoms with Crippen molar-refractivity contribution in [3.8, 4) is 6.07 Å². The predicted molar refractivity (Wildman–Crippen MR) is 62.0 cm³/mol. The molecule has 0 amide bonds. The third-order valence-corrected chi connectivity index (χ3v) is 3.34. The van der Waals surface area contributed by atoms with Gasteiger partial charge in [0.1, 0.15) is 5.82 Å². The molecule has 0 unspecified atom stereocenters. The molecular weight excluding hydrogens is 217 g/mol. The van der Waals surface area contributed by atoms with Crippen molar-refractivity contribution in [2.75, 3.05) is 0 Å². The maximum absolute atomic E-state index is 13.7. The van der Waals surface area contributed by atoms with Gasteiger partial charge >= 0.3 is 0 Å². The van der Waals surface area contributed by atoms with Gasteiger partial charge in [-0.05, 0) is 31.0 Å². The third kappa shape index (κ3) is 2.52. The molecule has 0 spiro atoms. The molecule has 0 aliphatic heterocycles. The largest absolute Gasteiger partial charge is 0.294 e. The average molecular weight is 231 g/mol. The van der Waals surface area contributed by atoms with Crippen molar-refractivity contribution in [1.29, 1.82) is 5.26 Å². The lowest BCUT2D eigenvalue weighted by Crippen LogP contribution is -2.19. The number of nitriles is 1. The Bertz CT molecular complexity index is 470. The summed E-state index contributed by atoms with van der Waals surface area (Å²) in [5.41, 5.74) is 0.388. The van der Waals surface area contributed by atoms with Crippen molar-refractivity contribution >= 4 is 5.78 Å². The lowest BCUT2D eigenvalue weighted by molar-refractivity contribution is 0.0885. The molecular formula is C14H14FNO. The summed E-state index contributed by atoms with van der Waals surface area (Å²) in [5, 5.41) is 8.64. The first-order chi connectivity index (χ1) is 8.22. The van der Waals surface area contributed by atoms with E-state index < -0.39 is 5.82 Å². The number of rotatable bonds is 2. The van der Waals surface area contributed by atoms with Crippen LogP contribution in [-0.2, 0) is 0 Å². The highest BCUT2D eigenvalue weighted by Gasteiger charge is 2.24. The minimum Gasteiger partial charge on any atom is -0.294 e. The van der Waals surface area contributed by atoms with Crippen LogP contribution < -0.4 is 0 Å². The molecule has 2 rings (SSSR count). The molecule has 0 atom stereocenters. The molecule has 0 bridgehead atoms. The first-order valence-electron chi connectivity index (χ1n) is 5.96. The minimum absolute atomic E-state index is 0.0359. The summed E-state index contributed by atoms with van der Waals surface area (Å²) in [6.45, 7) is 0. The molecule has 2 nitrogen and oxygen atoms in total. The number of carbonyl (C=O) groups is 1. The number of carbonyl (C=O) groups excluding carboxylic acids is 1. The first kappa shape index (κ1) is 11.8. The highest BCUT2D eigenvalue weighted by Crippen LogP contribution is 2.27. The molecule has 88 valence electrons. The summed E-state index contributed by atoms with van der Waals surface area (Å²) in [6, 6.07) is 5.93. The second-order valence-corrected chi connectivity index (χ2v) is 4.51. The van der Waals surface area contributed by atoms with Gasteiger partial charge in [0.25, 0.3) is 0 Å². The Morgan fingerprint density at radius 3 is 2.59 bits per heavy atom. The molecule has 17 heavy (non-hydrogen) atoms. The molecule has 0 radical (unpaired) electrons. The van der Waals surface area contributed by atoms with Gasteiger partial charge in [0.2, 0.25) is 0 Å². The Kier molecular flexibility index (Phi) is 3.53. The fourth-order valence-corrected chi connectivity index (χ4v) is 2.37. The van der Waals surface area contributed by atoms with Crippen LogP contribution in [0.5, 0.6) is 0 Å². The summed E-state index contributed by atoms with van der Waals surface area (Å²) in [4.78, 5) is 12.1. The quantitative estimate of drug-likeness (QED) is 0.731. The highest BCUT2D eigenvalue weighted by atomic mass is 19.1. The zero-order chi connectivity index (χ0) is 12.3. The van der Waals surface area contributed by atoms with E-state index in [4.69, 9.17) is 5.26 Å². The van der Waals surface area contributed by atoms with Crippen molar-refractivity contribution in [2.24, 2.45) is 5.92 Å². The maximum atomic E-state index is 13.7. The predicted octanol–water partition coefficient (Wildman–Crippen LogP) is 3.46. The van der Waals surface area contributed by atoms with Gasteiger partial charge in [-0.25, -0.2) is 4.39 Å². The SMILES string of the molecule is N#Cc1ccc(C(=O)C2CCCCC2)c(F)c1. The lowest BCUT2D eigenvalue weighted by atomic mass is 9.83. The summed E-state index contributed by atoms with van der Waals surface area (Å²) >= 11 is 0. The van der Waals surface area contributed by atoms with E-state index in [1.54, 1.807) is 0 Å². The van der Waals surface area contributed by atoms with E-state index >= 15 is 0 Å². The summed E-state index contributed by atoms with van der Waals surface area (Å²) < 4.78 is 13.7. The Balaban J connectivity index is 2.22. The van der Waals surface area contributed by atoms with E-state index in [1.165, 1.54) is 18.6 Å². The zero-order valence-electron chi connectivity index (χ0n) is 9.58. The number of halogens is 1. The van der Waals surface area contributed by atoms with Crippen LogP contribution in [0, 0.1) is 23.1 Å². The van der Waals surface area contributed by atoms with Crippen LogP contribution in [0.25, 0.3) is 0 Å². The van der Waals surface area contributed by atoms with Crippen LogP contribution in [0.4, 0.5) is 4.39 Å². The van der Waals surface area contributed by atoms with E-state index in [2.05, 4.69) is 0 Å². The molecule has 1 aliphatic carbocycles. The summed E-state index contributed by atoms with van der Waals surface area (Å²) in [7, 11) is 0. The number of nitrogens with zero attached hydrogens (tertiary/aromatic N) is 1. The van der Waals surface area contributed by atoms with Crippen molar-refractivity contribution in [3.63, 3.8) is 0 Å². The second kappa shape index (κ2) is 5.09. The fraction of sp³-hybridized carbons (Fsp3) is 0.429. The first-order valence-corrected chi connectivity index (χ1v) is 5.96. The monoisotopic (exact) mass is 231 g/mol. The number of ketones is 1. The molecule has 0 heterocycles. The van der Waals surface area contributed by atoms with Crippen LogP contribution in [0.15, 0.2) is 18.2 Å². The smallest absolute Gasteiger partial charge is 0.168 e. The molecule has 0 saturated heterocycles. The van der Waals surface area contributed by atoms with E-state index in [0.717, 1.165) is 31.7 Å². The molecule has 0 aromatic heterocycles. The normalized spacial score (nSPS) is 16.5. The lowest BCUT2D eigenvalue weighted by Gasteiger charge is -2.20. The van der Waals surface area contributed by atoms with E-state index in [1.807, 2.05) is 6.07 Å². The van der Waals surface area contributed by atoms with Gasteiger partial charge in [-0.15, -0.1) is 0 Å². The van der Waals surface area contributed by atoms with E-state index in [0.29, 0.717) is 0 Å². The van der Waals surface area contributed by atoms with Gasteiger partial charge in [0, 0.05) is 5.92 Å². The highest BCUT2D eigenvalue weighted by molar-refractivity contribution is 5.98. The van der Waals surface area contributed by atoms with Gasteiger partial charge in [-0.1, -0.05) is 19.3 Å². The summed E-state index contributed by atoms with van der Waals surface area (Å²) in [6.07, 6.45) is 4.98. The van der Waals surface area contributed by atoms with E-state index in [9.17, 15) is 9.18 Å². The zero-order valence-corrected chi connectivity index (χ0v) is 9.58. The van der Waals surface area contributed by atoms with Crippen LogP contribution >= 0.6 is 0 Å². The number of benzene rings is 1. The van der Waals surface area contributed by atoms with Crippen LogP contribution in [0.2, 0.25) is 0 Å².